The lowest BCUT2D eigenvalue weighted by Gasteiger charge is -2.18. The number of rotatable bonds is 12. The summed E-state index contributed by atoms with van der Waals surface area (Å²) in [5.74, 6) is 1.43. The zero-order chi connectivity index (χ0) is 23.9. The zero-order valence-corrected chi connectivity index (χ0v) is 21.4. The summed E-state index contributed by atoms with van der Waals surface area (Å²) in [4.78, 5) is 20.0. The summed E-state index contributed by atoms with van der Waals surface area (Å²) in [6, 6.07) is 14.8. The Morgan fingerprint density at radius 3 is 2.24 bits per heavy atom. The minimum absolute atomic E-state index is 0.138. The maximum Gasteiger partial charge on any atom is 0.227 e. The van der Waals surface area contributed by atoms with E-state index in [1.54, 1.807) is 0 Å². The average Bonchev–Trinajstić information content (AvgIpc) is 3.38. The molecule has 2 aromatic carbocycles. The van der Waals surface area contributed by atoms with E-state index in [1.807, 2.05) is 4.90 Å². The second-order valence-corrected chi connectivity index (χ2v) is 10.2. The van der Waals surface area contributed by atoms with Crippen molar-refractivity contribution >= 4 is 22.6 Å². The molecular formula is C30H41N3O. The van der Waals surface area contributed by atoms with E-state index in [-0.39, 0.29) is 11.8 Å². The number of anilines is 1. The van der Waals surface area contributed by atoms with E-state index in [2.05, 4.69) is 67.8 Å². The highest BCUT2D eigenvalue weighted by Gasteiger charge is 2.34. The van der Waals surface area contributed by atoms with E-state index in [0.717, 1.165) is 23.6 Å². The van der Waals surface area contributed by atoms with Crippen LogP contribution in [-0.4, -0.2) is 22.0 Å². The van der Waals surface area contributed by atoms with Crippen LogP contribution in [0, 0.1) is 13.8 Å². The maximum absolute atomic E-state index is 13.0. The fraction of sp³-hybridized carbons (Fsp3) is 0.533. The van der Waals surface area contributed by atoms with Gasteiger partial charge in [0.25, 0.3) is 0 Å². The van der Waals surface area contributed by atoms with E-state index < -0.39 is 0 Å². The van der Waals surface area contributed by atoms with Crippen LogP contribution in [0.3, 0.4) is 0 Å². The molecule has 3 aromatic rings. The van der Waals surface area contributed by atoms with Gasteiger partial charge < -0.3 is 9.47 Å². The van der Waals surface area contributed by atoms with E-state index in [9.17, 15) is 4.79 Å². The van der Waals surface area contributed by atoms with Gasteiger partial charge in [-0.1, -0.05) is 76.5 Å². The summed E-state index contributed by atoms with van der Waals surface area (Å²) in [5.41, 5.74) is 5.67. The zero-order valence-electron chi connectivity index (χ0n) is 21.4. The van der Waals surface area contributed by atoms with Crippen LogP contribution < -0.4 is 4.90 Å². The minimum Gasteiger partial charge on any atom is -0.328 e. The van der Waals surface area contributed by atoms with E-state index in [4.69, 9.17) is 4.98 Å². The first-order valence-electron chi connectivity index (χ1n) is 13.4. The number of unbranched alkanes of at least 4 members (excludes halogenated alkanes) is 8. The molecule has 1 fully saturated rings. The van der Waals surface area contributed by atoms with Gasteiger partial charge in [0.15, 0.2) is 0 Å². The number of aromatic nitrogens is 2. The van der Waals surface area contributed by atoms with Crippen LogP contribution in [0.1, 0.15) is 94.0 Å². The first kappa shape index (κ1) is 24.5. The van der Waals surface area contributed by atoms with E-state index in [1.165, 1.54) is 74.4 Å². The number of para-hydroxylation sites is 2. The molecule has 4 heteroatoms. The minimum atomic E-state index is 0.138. The number of hydrogen-bond donors (Lipinski definition) is 0. The molecule has 1 aliphatic heterocycles. The smallest absolute Gasteiger partial charge is 0.227 e. The van der Waals surface area contributed by atoms with Gasteiger partial charge in [-0.2, -0.15) is 0 Å². The summed E-state index contributed by atoms with van der Waals surface area (Å²) in [5, 5.41) is 0. The van der Waals surface area contributed by atoms with Crippen molar-refractivity contribution in [3.05, 3.63) is 59.4 Å². The first-order valence-corrected chi connectivity index (χ1v) is 13.4. The SMILES string of the molecule is CCCCCCCCCCCn1c(C2CC(=O)N(c3cc(C)cc(C)c3)C2)nc2ccccc21. The molecular weight excluding hydrogens is 418 g/mol. The lowest BCUT2D eigenvalue weighted by Crippen LogP contribution is -2.24. The molecule has 1 unspecified atom stereocenters. The Morgan fingerprint density at radius 2 is 1.53 bits per heavy atom. The Kier molecular flexibility index (Phi) is 8.42. The molecule has 182 valence electrons. The van der Waals surface area contributed by atoms with Gasteiger partial charge in [0, 0.05) is 31.1 Å². The van der Waals surface area contributed by atoms with Crippen LogP contribution in [0.25, 0.3) is 11.0 Å². The summed E-state index contributed by atoms with van der Waals surface area (Å²) < 4.78 is 2.40. The van der Waals surface area contributed by atoms with Crippen LogP contribution >= 0.6 is 0 Å². The Balaban J connectivity index is 1.42. The van der Waals surface area contributed by atoms with Gasteiger partial charge in [0.1, 0.15) is 5.82 Å². The van der Waals surface area contributed by atoms with Crippen molar-refractivity contribution in [3.8, 4) is 0 Å². The molecule has 0 N–H and O–H groups in total. The van der Waals surface area contributed by atoms with Gasteiger partial charge in [-0.3, -0.25) is 4.79 Å². The van der Waals surface area contributed by atoms with Crippen molar-refractivity contribution in [2.24, 2.45) is 0 Å². The molecule has 1 aliphatic rings. The molecule has 0 saturated carbocycles. The number of fused-ring (bicyclic) bond motifs is 1. The lowest BCUT2D eigenvalue weighted by molar-refractivity contribution is -0.117. The second kappa shape index (κ2) is 11.7. The molecule has 4 nitrogen and oxygen atoms in total. The van der Waals surface area contributed by atoms with E-state index in [0.29, 0.717) is 13.0 Å². The molecule has 0 bridgehead atoms. The lowest BCUT2D eigenvalue weighted by atomic mass is 10.1. The Hall–Kier alpha value is -2.62. The summed E-state index contributed by atoms with van der Waals surface area (Å²) in [6.07, 6.45) is 12.5. The number of nitrogens with zero attached hydrogens (tertiary/aromatic N) is 3. The van der Waals surface area contributed by atoms with Crippen molar-refractivity contribution in [1.29, 1.82) is 0 Å². The molecule has 1 amide bonds. The molecule has 0 aliphatic carbocycles. The van der Waals surface area contributed by atoms with Gasteiger partial charge in [-0.15, -0.1) is 0 Å². The van der Waals surface area contributed by atoms with Gasteiger partial charge in [0.05, 0.1) is 11.0 Å². The van der Waals surface area contributed by atoms with Gasteiger partial charge >= 0.3 is 0 Å². The predicted molar refractivity (Wildman–Crippen MR) is 143 cm³/mol. The molecule has 1 atom stereocenters. The third kappa shape index (κ3) is 5.89. The summed E-state index contributed by atoms with van der Waals surface area (Å²) >= 11 is 0. The molecule has 0 radical (unpaired) electrons. The van der Waals surface area contributed by atoms with Crippen LogP contribution in [-0.2, 0) is 11.3 Å². The maximum atomic E-state index is 13.0. The number of hydrogen-bond acceptors (Lipinski definition) is 2. The highest BCUT2D eigenvalue weighted by atomic mass is 16.2. The van der Waals surface area contributed by atoms with Crippen LogP contribution in [0.15, 0.2) is 42.5 Å². The van der Waals surface area contributed by atoms with Crippen molar-refractivity contribution < 1.29 is 4.79 Å². The van der Waals surface area contributed by atoms with Crippen LogP contribution in [0.2, 0.25) is 0 Å². The van der Waals surface area contributed by atoms with Gasteiger partial charge in [-0.25, -0.2) is 4.98 Å². The van der Waals surface area contributed by atoms with E-state index >= 15 is 0 Å². The molecule has 0 spiro atoms. The molecule has 1 aromatic heterocycles. The summed E-state index contributed by atoms with van der Waals surface area (Å²) in [6.45, 7) is 8.16. The number of imidazole rings is 1. The predicted octanol–water partition coefficient (Wildman–Crippen LogP) is 7.70. The number of carbonyl (C=O) groups excluding carboxylic acids is 1. The number of benzene rings is 2. The number of amides is 1. The van der Waals surface area contributed by atoms with Crippen molar-refractivity contribution in [2.75, 3.05) is 11.4 Å². The van der Waals surface area contributed by atoms with Crippen LogP contribution in [0.4, 0.5) is 5.69 Å². The summed E-state index contributed by atoms with van der Waals surface area (Å²) in [7, 11) is 0. The highest BCUT2D eigenvalue weighted by Crippen LogP contribution is 2.34. The Morgan fingerprint density at radius 1 is 0.882 bits per heavy atom. The van der Waals surface area contributed by atoms with Gasteiger partial charge in [-0.05, 0) is 55.7 Å². The third-order valence-corrected chi connectivity index (χ3v) is 7.18. The Labute approximate surface area is 205 Å². The topological polar surface area (TPSA) is 38.1 Å². The normalized spacial score (nSPS) is 16.1. The standard InChI is InChI=1S/C30H41N3O/c1-4-5-6-7-8-9-10-11-14-17-32-28-16-13-12-15-27(28)31-30(32)25-21-29(34)33(22-25)26-19-23(2)18-24(3)20-26/h12-13,15-16,18-20,25H,4-11,14,17,21-22H2,1-3H3. The monoisotopic (exact) mass is 459 g/mol. The molecule has 1 saturated heterocycles. The van der Waals surface area contributed by atoms with Crippen LogP contribution in [0.5, 0.6) is 0 Å². The highest BCUT2D eigenvalue weighted by molar-refractivity contribution is 5.96. The van der Waals surface area contributed by atoms with Crippen molar-refractivity contribution in [3.63, 3.8) is 0 Å². The molecule has 2 heterocycles. The van der Waals surface area contributed by atoms with Crippen molar-refractivity contribution in [1.82, 2.24) is 9.55 Å². The fourth-order valence-corrected chi connectivity index (χ4v) is 5.46. The average molecular weight is 460 g/mol. The second-order valence-electron chi connectivity index (χ2n) is 10.2. The van der Waals surface area contributed by atoms with Crippen molar-refractivity contribution in [2.45, 2.75) is 97.4 Å². The fourth-order valence-electron chi connectivity index (χ4n) is 5.46. The molecule has 4 rings (SSSR count). The third-order valence-electron chi connectivity index (χ3n) is 7.18. The number of carbonyl (C=O) groups is 1. The largest absolute Gasteiger partial charge is 0.328 e. The first-order chi connectivity index (χ1) is 16.6. The van der Waals surface area contributed by atoms with Gasteiger partial charge in [0.2, 0.25) is 5.91 Å². The molecule has 34 heavy (non-hydrogen) atoms. The Bertz CT molecular complexity index is 1080. The quantitative estimate of drug-likeness (QED) is 0.260. The number of aryl methyl sites for hydroxylation is 3.